The lowest BCUT2D eigenvalue weighted by atomic mass is 10.1. The number of nitrogens with one attached hydrogen (secondary N) is 1. The molecule has 0 aliphatic heterocycles. The third-order valence-electron chi connectivity index (χ3n) is 2.89. The molecule has 2 aromatic rings. The monoisotopic (exact) mass is 287 g/mol. The first-order valence-corrected chi connectivity index (χ1v) is 6.09. The SMILES string of the molecule is NCc1ccc(C(=O)Nc2ccc([N+](=O)[O-])cc2O)cc1. The van der Waals surface area contributed by atoms with E-state index in [-0.39, 0.29) is 17.1 Å². The zero-order valence-electron chi connectivity index (χ0n) is 10.9. The molecule has 0 saturated carbocycles. The number of non-ortho nitro benzene ring substituents is 1. The standard InChI is InChI=1S/C14H13N3O4/c15-8-9-1-3-10(4-2-9)14(19)16-12-6-5-11(17(20)21)7-13(12)18/h1-7,18H,8,15H2,(H,16,19). The fraction of sp³-hybridized carbons (Fsp3) is 0.0714. The van der Waals surface area contributed by atoms with Crippen LogP contribution in [0.25, 0.3) is 0 Å². The highest BCUT2D eigenvalue weighted by molar-refractivity contribution is 6.05. The highest BCUT2D eigenvalue weighted by atomic mass is 16.6. The van der Waals surface area contributed by atoms with Crippen molar-refractivity contribution in [2.24, 2.45) is 5.73 Å². The molecule has 21 heavy (non-hydrogen) atoms. The smallest absolute Gasteiger partial charge is 0.273 e. The zero-order chi connectivity index (χ0) is 15.4. The Hall–Kier alpha value is -2.93. The number of carbonyl (C=O) groups is 1. The van der Waals surface area contributed by atoms with Gasteiger partial charge in [0.1, 0.15) is 5.75 Å². The van der Waals surface area contributed by atoms with Gasteiger partial charge >= 0.3 is 0 Å². The number of hydrogen-bond donors (Lipinski definition) is 3. The second-order valence-corrected chi connectivity index (χ2v) is 4.31. The van der Waals surface area contributed by atoms with Crippen LogP contribution in [0.2, 0.25) is 0 Å². The number of amides is 1. The molecule has 2 aromatic carbocycles. The summed E-state index contributed by atoms with van der Waals surface area (Å²) < 4.78 is 0. The van der Waals surface area contributed by atoms with Crippen molar-refractivity contribution in [3.8, 4) is 5.75 Å². The van der Waals surface area contributed by atoms with Gasteiger partial charge in [-0.2, -0.15) is 0 Å². The number of phenolic OH excluding ortho intramolecular Hbond substituents is 1. The zero-order valence-corrected chi connectivity index (χ0v) is 10.9. The van der Waals surface area contributed by atoms with Crippen molar-refractivity contribution >= 4 is 17.3 Å². The van der Waals surface area contributed by atoms with E-state index in [1.807, 2.05) is 0 Å². The number of carbonyl (C=O) groups excluding carboxylic acids is 1. The minimum atomic E-state index is -0.628. The number of nitro groups is 1. The Labute approximate surface area is 120 Å². The van der Waals surface area contributed by atoms with Gasteiger partial charge in [0.15, 0.2) is 0 Å². The summed E-state index contributed by atoms with van der Waals surface area (Å²) >= 11 is 0. The van der Waals surface area contributed by atoms with Gasteiger partial charge in [0.2, 0.25) is 0 Å². The van der Waals surface area contributed by atoms with Crippen LogP contribution in [-0.2, 0) is 6.54 Å². The molecule has 108 valence electrons. The fourth-order valence-corrected chi connectivity index (χ4v) is 1.73. The van der Waals surface area contributed by atoms with Crippen molar-refractivity contribution in [2.75, 3.05) is 5.32 Å². The number of nitrogens with zero attached hydrogens (tertiary/aromatic N) is 1. The highest BCUT2D eigenvalue weighted by Crippen LogP contribution is 2.28. The lowest BCUT2D eigenvalue weighted by molar-refractivity contribution is -0.384. The summed E-state index contributed by atoms with van der Waals surface area (Å²) in [6.45, 7) is 0.380. The molecule has 0 aliphatic carbocycles. The number of rotatable bonds is 4. The number of benzene rings is 2. The number of nitrogens with two attached hydrogens (primary N) is 1. The number of nitro benzene ring substituents is 1. The second kappa shape index (κ2) is 6.02. The molecule has 0 spiro atoms. The minimum Gasteiger partial charge on any atom is -0.506 e. The Kier molecular flexibility index (Phi) is 4.15. The molecule has 7 heteroatoms. The Balaban J connectivity index is 2.17. The molecule has 0 unspecified atom stereocenters. The summed E-state index contributed by atoms with van der Waals surface area (Å²) in [5, 5.41) is 22.7. The van der Waals surface area contributed by atoms with Gasteiger partial charge in [0, 0.05) is 18.2 Å². The highest BCUT2D eigenvalue weighted by Gasteiger charge is 2.13. The lowest BCUT2D eigenvalue weighted by Crippen LogP contribution is -2.12. The van der Waals surface area contributed by atoms with E-state index in [1.54, 1.807) is 24.3 Å². The van der Waals surface area contributed by atoms with Crippen LogP contribution in [0.4, 0.5) is 11.4 Å². The van der Waals surface area contributed by atoms with Crippen LogP contribution >= 0.6 is 0 Å². The van der Waals surface area contributed by atoms with E-state index in [0.717, 1.165) is 11.6 Å². The Morgan fingerprint density at radius 2 is 1.90 bits per heavy atom. The Morgan fingerprint density at radius 1 is 1.24 bits per heavy atom. The van der Waals surface area contributed by atoms with E-state index in [1.165, 1.54) is 12.1 Å². The minimum absolute atomic E-state index is 0.105. The quantitative estimate of drug-likeness (QED) is 0.451. The van der Waals surface area contributed by atoms with Crippen LogP contribution in [0.1, 0.15) is 15.9 Å². The van der Waals surface area contributed by atoms with Crippen LogP contribution in [-0.4, -0.2) is 15.9 Å². The number of hydrogen-bond acceptors (Lipinski definition) is 5. The van der Waals surface area contributed by atoms with Crippen molar-refractivity contribution in [1.82, 2.24) is 0 Å². The molecule has 4 N–H and O–H groups in total. The van der Waals surface area contributed by atoms with Crippen molar-refractivity contribution in [3.63, 3.8) is 0 Å². The molecular formula is C14H13N3O4. The van der Waals surface area contributed by atoms with Gasteiger partial charge in [-0.1, -0.05) is 12.1 Å². The van der Waals surface area contributed by atoms with Gasteiger partial charge in [-0.25, -0.2) is 0 Å². The molecule has 0 heterocycles. The van der Waals surface area contributed by atoms with E-state index in [2.05, 4.69) is 5.32 Å². The van der Waals surface area contributed by atoms with Crippen molar-refractivity contribution in [1.29, 1.82) is 0 Å². The topological polar surface area (TPSA) is 118 Å². The Bertz CT molecular complexity index is 683. The maximum atomic E-state index is 12.0. The maximum absolute atomic E-state index is 12.0. The third kappa shape index (κ3) is 3.34. The summed E-state index contributed by atoms with van der Waals surface area (Å²) in [5.41, 5.74) is 6.61. The molecule has 0 radical (unpaired) electrons. The normalized spacial score (nSPS) is 10.1. The molecule has 0 saturated heterocycles. The first kappa shape index (κ1) is 14.5. The molecule has 1 amide bonds. The average molecular weight is 287 g/mol. The first-order chi connectivity index (χ1) is 10.0. The average Bonchev–Trinajstić information content (AvgIpc) is 2.49. The molecule has 0 atom stereocenters. The van der Waals surface area contributed by atoms with Crippen LogP contribution in [0.15, 0.2) is 42.5 Å². The largest absolute Gasteiger partial charge is 0.506 e. The van der Waals surface area contributed by atoms with Crippen LogP contribution in [0.3, 0.4) is 0 Å². The van der Waals surface area contributed by atoms with Gasteiger partial charge in [-0.15, -0.1) is 0 Å². The predicted molar refractivity (Wildman–Crippen MR) is 77.0 cm³/mol. The van der Waals surface area contributed by atoms with E-state index in [0.29, 0.717) is 12.1 Å². The first-order valence-electron chi connectivity index (χ1n) is 6.09. The van der Waals surface area contributed by atoms with Crippen molar-refractivity contribution < 1.29 is 14.8 Å². The van der Waals surface area contributed by atoms with Crippen LogP contribution in [0.5, 0.6) is 5.75 Å². The second-order valence-electron chi connectivity index (χ2n) is 4.31. The van der Waals surface area contributed by atoms with Crippen LogP contribution in [0, 0.1) is 10.1 Å². The number of aromatic hydroxyl groups is 1. The molecule has 0 aromatic heterocycles. The molecule has 0 aliphatic rings. The fourth-order valence-electron chi connectivity index (χ4n) is 1.73. The van der Waals surface area contributed by atoms with E-state index in [9.17, 15) is 20.0 Å². The van der Waals surface area contributed by atoms with Crippen LogP contribution < -0.4 is 11.1 Å². The van der Waals surface area contributed by atoms with Crippen molar-refractivity contribution in [3.05, 3.63) is 63.7 Å². The Morgan fingerprint density at radius 3 is 2.43 bits per heavy atom. The summed E-state index contributed by atoms with van der Waals surface area (Å²) in [4.78, 5) is 21.9. The molecule has 0 bridgehead atoms. The van der Waals surface area contributed by atoms with Crippen molar-refractivity contribution in [2.45, 2.75) is 6.54 Å². The maximum Gasteiger partial charge on any atom is 0.273 e. The number of phenols is 1. The van der Waals surface area contributed by atoms with Gasteiger partial charge in [-0.3, -0.25) is 14.9 Å². The molecule has 0 fully saturated rings. The van der Waals surface area contributed by atoms with Gasteiger partial charge in [0.05, 0.1) is 16.7 Å². The summed E-state index contributed by atoms with van der Waals surface area (Å²) in [6.07, 6.45) is 0. The third-order valence-corrected chi connectivity index (χ3v) is 2.89. The van der Waals surface area contributed by atoms with Gasteiger partial charge in [-0.05, 0) is 23.8 Å². The number of anilines is 1. The van der Waals surface area contributed by atoms with E-state index < -0.39 is 10.8 Å². The van der Waals surface area contributed by atoms with E-state index in [4.69, 9.17) is 5.73 Å². The van der Waals surface area contributed by atoms with Gasteiger partial charge < -0.3 is 16.2 Å². The van der Waals surface area contributed by atoms with Gasteiger partial charge in [0.25, 0.3) is 11.6 Å². The van der Waals surface area contributed by atoms with E-state index >= 15 is 0 Å². The lowest BCUT2D eigenvalue weighted by Gasteiger charge is -2.07. The molecule has 2 rings (SSSR count). The summed E-state index contributed by atoms with van der Waals surface area (Å²) in [7, 11) is 0. The summed E-state index contributed by atoms with van der Waals surface area (Å²) in [6, 6.07) is 10.1. The predicted octanol–water partition coefficient (Wildman–Crippen LogP) is 2.01. The molecule has 7 nitrogen and oxygen atoms in total. The summed E-state index contributed by atoms with van der Waals surface area (Å²) in [5.74, 6) is -0.793. The molecular weight excluding hydrogens is 274 g/mol.